The van der Waals surface area contributed by atoms with Crippen LogP contribution in [0.15, 0.2) is 176 Å². The Morgan fingerprint density at radius 3 is 1.17 bits per heavy atom. The molecule has 7 nitrogen and oxygen atoms in total. The first kappa shape index (κ1) is 29.6. The molecule has 0 unspecified atom stereocenters. The molecule has 0 amide bonds. The smallest absolute Gasteiger partial charge is 0.166 e. The molecule has 246 valence electrons. The number of ether oxygens (including phenoxy) is 2. The van der Waals surface area contributed by atoms with Gasteiger partial charge in [0.05, 0.1) is 28.4 Å². The van der Waals surface area contributed by atoms with Gasteiger partial charge in [-0.05, 0) is 66.7 Å². The Morgan fingerprint density at radius 1 is 0.327 bits per heavy atom. The molecule has 8 aromatic rings. The molecule has 1 aromatic heterocycles. The van der Waals surface area contributed by atoms with Crippen LogP contribution in [0.4, 0.5) is 34.1 Å². The van der Waals surface area contributed by atoms with Crippen molar-refractivity contribution in [1.82, 2.24) is 15.0 Å². The molecule has 10 rings (SSSR count). The van der Waals surface area contributed by atoms with Crippen molar-refractivity contribution in [3.05, 3.63) is 176 Å². The molecular weight excluding hydrogens is 643 g/mol. The summed E-state index contributed by atoms with van der Waals surface area (Å²) in [5.74, 6) is 4.80. The molecule has 0 saturated heterocycles. The van der Waals surface area contributed by atoms with Gasteiger partial charge in [0.25, 0.3) is 0 Å². The van der Waals surface area contributed by atoms with Gasteiger partial charge in [-0.1, -0.05) is 109 Å². The molecule has 3 heterocycles. The quantitative estimate of drug-likeness (QED) is 0.180. The van der Waals surface area contributed by atoms with Crippen LogP contribution in [-0.4, -0.2) is 15.0 Å². The van der Waals surface area contributed by atoms with E-state index in [1.54, 1.807) is 0 Å². The zero-order chi connectivity index (χ0) is 34.4. The van der Waals surface area contributed by atoms with Crippen molar-refractivity contribution < 1.29 is 9.47 Å². The zero-order valence-corrected chi connectivity index (χ0v) is 27.8. The third-order valence-electron chi connectivity index (χ3n) is 9.28. The van der Waals surface area contributed by atoms with Crippen molar-refractivity contribution in [2.24, 2.45) is 0 Å². The molecule has 2 aliphatic heterocycles. The lowest BCUT2D eigenvalue weighted by Gasteiger charge is -2.35. The third-order valence-corrected chi connectivity index (χ3v) is 9.28. The Labute approximate surface area is 300 Å². The lowest BCUT2D eigenvalue weighted by atomic mass is 10.0. The van der Waals surface area contributed by atoms with E-state index in [0.29, 0.717) is 17.5 Å². The lowest BCUT2D eigenvalue weighted by Crippen LogP contribution is -2.18. The van der Waals surface area contributed by atoms with E-state index in [-0.39, 0.29) is 0 Å². The van der Waals surface area contributed by atoms with Gasteiger partial charge in [-0.15, -0.1) is 0 Å². The van der Waals surface area contributed by atoms with Gasteiger partial charge in [0.15, 0.2) is 40.5 Å². The van der Waals surface area contributed by atoms with Gasteiger partial charge in [-0.2, -0.15) is 0 Å². The Morgan fingerprint density at radius 2 is 0.712 bits per heavy atom. The number of benzene rings is 7. The fourth-order valence-corrected chi connectivity index (χ4v) is 6.91. The van der Waals surface area contributed by atoms with Gasteiger partial charge < -0.3 is 19.3 Å². The minimum absolute atomic E-state index is 0.542. The van der Waals surface area contributed by atoms with Crippen LogP contribution in [0.25, 0.3) is 34.2 Å². The average Bonchev–Trinajstić information content (AvgIpc) is 3.22. The van der Waals surface area contributed by atoms with Crippen molar-refractivity contribution in [3.63, 3.8) is 0 Å². The summed E-state index contributed by atoms with van der Waals surface area (Å²) in [6, 6.07) is 59.0. The maximum absolute atomic E-state index is 6.42. The highest BCUT2D eigenvalue weighted by atomic mass is 16.5. The normalized spacial score (nSPS) is 12.5. The fraction of sp³-hybridized carbons (Fsp3) is 0. The first-order chi connectivity index (χ1) is 25.8. The number of hydrogen-bond donors (Lipinski definition) is 0. The highest BCUT2D eigenvalue weighted by molar-refractivity contribution is 5.95. The van der Waals surface area contributed by atoms with E-state index in [4.69, 9.17) is 24.4 Å². The van der Waals surface area contributed by atoms with Crippen molar-refractivity contribution in [3.8, 4) is 57.2 Å². The van der Waals surface area contributed by atoms with Gasteiger partial charge >= 0.3 is 0 Å². The van der Waals surface area contributed by atoms with E-state index in [9.17, 15) is 0 Å². The molecule has 0 saturated carbocycles. The van der Waals surface area contributed by atoms with Crippen molar-refractivity contribution in [2.45, 2.75) is 0 Å². The largest absolute Gasteiger partial charge is 0.453 e. The molecule has 0 aliphatic carbocycles. The summed E-state index contributed by atoms with van der Waals surface area (Å²) in [4.78, 5) is 19.9. The van der Waals surface area contributed by atoms with E-state index in [1.165, 1.54) is 0 Å². The molecule has 7 aromatic carbocycles. The minimum atomic E-state index is 0.542. The predicted octanol–water partition coefficient (Wildman–Crippen LogP) is 12.0. The predicted molar refractivity (Wildman–Crippen MR) is 206 cm³/mol. The molecule has 0 bridgehead atoms. The van der Waals surface area contributed by atoms with E-state index in [1.807, 2.05) is 133 Å². The Bertz CT molecular complexity index is 2460. The first-order valence-corrected chi connectivity index (χ1v) is 17.1. The highest BCUT2D eigenvalue weighted by Crippen LogP contribution is 2.54. The fourth-order valence-electron chi connectivity index (χ4n) is 6.91. The number of nitrogens with zero attached hydrogens (tertiary/aromatic N) is 5. The molecule has 0 spiro atoms. The second kappa shape index (κ2) is 12.3. The number of para-hydroxylation sites is 8. The molecule has 0 N–H and O–H groups in total. The summed E-state index contributed by atoms with van der Waals surface area (Å²) in [5.41, 5.74) is 8.15. The van der Waals surface area contributed by atoms with Crippen LogP contribution in [0, 0.1) is 0 Å². The number of rotatable bonds is 5. The van der Waals surface area contributed by atoms with E-state index >= 15 is 0 Å². The molecule has 2 aliphatic rings. The van der Waals surface area contributed by atoms with Crippen molar-refractivity contribution in [1.29, 1.82) is 0 Å². The van der Waals surface area contributed by atoms with Gasteiger partial charge in [0, 0.05) is 22.4 Å². The lowest BCUT2D eigenvalue weighted by molar-refractivity contribution is 0.476. The molecule has 7 heteroatoms. The molecule has 0 fully saturated rings. The van der Waals surface area contributed by atoms with Crippen LogP contribution in [0.2, 0.25) is 0 Å². The summed E-state index contributed by atoms with van der Waals surface area (Å²) in [6.07, 6.45) is 0. The van der Waals surface area contributed by atoms with Crippen molar-refractivity contribution >= 4 is 34.1 Å². The Kier molecular flexibility index (Phi) is 6.99. The Hall–Kier alpha value is -7.25. The summed E-state index contributed by atoms with van der Waals surface area (Å²) < 4.78 is 12.8. The topological polar surface area (TPSA) is 63.6 Å². The van der Waals surface area contributed by atoms with Gasteiger partial charge in [0.2, 0.25) is 0 Å². The van der Waals surface area contributed by atoms with Crippen LogP contribution in [0.3, 0.4) is 0 Å². The first-order valence-electron chi connectivity index (χ1n) is 17.1. The zero-order valence-electron chi connectivity index (χ0n) is 27.8. The summed E-state index contributed by atoms with van der Waals surface area (Å²) in [6.45, 7) is 0. The molecule has 52 heavy (non-hydrogen) atoms. The molecule has 0 radical (unpaired) electrons. The number of fused-ring (bicyclic) bond motifs is 4. The maximum atomic E-state index is 6.42. The highest BCUT2D eigenvalue weighted by Gasteiger charge is 2.31. The van der Waals surface area contributed by atoms with Gasteiger partial charge in [0.1, 0.15) is 0 Å². The SMILES string of the molecule is c1ccc(-c2nc(-c3ccccc3)nc(-c3cc(N4c5ccccc5Oc5ccccc54)ccc3N3c4ccccc4Oc4ccccc43)n2)cc1. The second-order valence-electron chi connectivity index (χ2n) is 12.5. The van der Waals surface area contributed by atoms with Crippen LogP contribution in [-0.2, 0) is 0 Å². The molecular formula is C45H29N5O2. The van der Waals surface area contributed by atoms with Gasteiger partial charge in [-0.3, -0.25) is 0 Å². The van der Waals surface area contributed by atoms with Gasteiger partial charge in [-0.25, -0.2) is 15.0 Å². The van der Waals surface area contributed by atoms with Crippen LogP contribution >= 0.6 is 0 Å². The molecule has 0 atom stereocenters. The second-order valence-corrected chi connectivity index (χ2v) is 12.5. The van der Waals surface area contributed by atoms with Crippen LogP contribution in [0.1, 0.15) is 0 Å². The van der Waals surface area contributed by atoms with E-state index < -0.39 is 0 Å². The summed E-state index contributed by atoms with van der Waals surface area (Å²) >= 11 is 0. The monoisotopic (exact) mass is 671 g/mol. The standard InChI is InChI=1S/C45H29N5O2/c1-3-15-30(16-4-1)43-46-44(31-17-5-2-6-18-31)48-45(47-43)33-29-32(49-35-19-7-11-23-39(35)51-40-24-12-8-20-36(40)49)27-28-34(33)50-37-21-9-13-25-41(37)52-42-26-14-10-22-38(42)50/h1-29H. The maximum Gasteiger partial charge on any atom is 0.166 e. The summed E-state index contributed by atoms with van der Waals surface area (Å²) in [5, 5.41) is 0. The van der Waals surface area contributed by atoms with Crippen molar-refractivity contribution in [2.75, 3.05) is 9.80 Å². The van der Waals surface area contributed by atoms with E-state index in [0.717, 1.165) is 73.8 Å². The number of anilines is 6. The average molecular weight is 672 g/mol. The minimum Gasteiger partial charge on any atom is -0.453 e. The van der Waals surface area contributed by atoms with Crippen LogP contribution in [0.5, 0.6) is 23.0 Å². The number of aromatic nitrogens is 3. The number of hydrogen-bond acceptors (Lipinski definition) is 7. The summed E-state index contributed by atoms with van der Waals surface area (Å²) in [7, 11) is 0. The van der Waals surface area contributed by atoms with E-state index in [2.05, 4.69) is 52.3 Å². The third kappa shape index (κ3) is 5.03. The van der Waals surface area contributed by atoms with Crippen LogP contribution < -0.4 is 19.3 Å². The Balaban J connectivity index is 1.26.